The molecule has 4 heterocycles. The van der Waals surface area contributed by atoms with Crippen LogP contribution < -0.4 is 4.74 Å². The average molecular weight is 361 g/mol. The van der Waals surface area contributed by atoms with Crippen LogP contribution >= 0.6 is 0 Å². The highest BCUT2D eigenvalue weighted by molar-refractivity contribution is 5.96. The Balaban J connectivity index is 1.67. The molecule has 5 aromatic rings. The number of hydrogen-bond donors (Lipinski definition) is 0. The van der Waals surface area contributed by atoms with Crippen molar-refractivity contribution in [2.24, 2.45) is 7.05 Å². The van der Waals surface area contributed by atoms with Crippen molar-refractivity contribution in [1.82, 2.24) is 34.5 Å². The summed E-state index contributed by atoms with van der Waals surface area (Å²) >= 11 is 0. The highest BCUT2D eigenvalue weighted by atomic mass is 16.5. The molecule has 9 nitrogen and oxygen atoms in total. The van der Waals surface area contributed by atoms with E-state index in [9.17, 15) is 0 Å². The van der Waals surface area contributed by atoms with Crippen LogP contribution in [0, 0.1) is 6.92 Å². The topological polar surface area (TPSA) is 96.2 Å². The Labute approximate surface area is 153 Å². The van der Waals surface area contributed by atoms with Crippen LogP contribution in [0.25, 0.3) is 27.9 Å². The first-order chi connectivity index (χ1) is 13.2. The number of benzene rings is 1. The molecular formula is C18H15N7O2. The summed E-state index contributed by atoms with van der Waals surface area (Å²) in [6.45, 7) is 2.17. The van der Waals surface area contributed by atoms with Crippen LogP contribution in [0.4, 0.5) is 0 Å². The van der Waals surface area contributed by atoms with Crippen LogP contribution in [0.2, 0.25) is 0 Å². The van der Waals surface area contributed by atoms with E-state index in [1.165, 1.54) is 0 Å². The van der Waals surface area contributed by atoms with Crippen molar-refractivity contribution in [3.8, 4) is 17.4 Å². The molecule has 5 rings (SSSR count). The Morgan fingerprint density at radius 1 is 1.15 bits per heavy atom. The number of ether oxygens (including phenoxy) is 1. The SMILES string of the molecule is Cc1cc(-c2nnc3c4ccccc4c(OCc4cncn4C)nn23)no1. The molecule has 0 N–H and O–H groups in total. The Morgan fingerprint density at radius 3 is 2.74 bits per heavy atom. The maximum absolute atomic E-state index is 6.03. The summed E-state index contributed by atoms with van der Waals surface area (Å²) in [6, 6.07) is 9.60. The minimum atomic E-state index is 0.347. The fourth-order valence-corrected chi connectivity index (χ4v) is 2.96. The van der Waals surface area contributed by atoms with Gasteiger partial charge in [-0.15, -0.1) is 15.3 Å². The van der Waals surface area contributed by atoms with E-state index in [1.807, 2.05) is 42.8 Å². The number of fused-ring (bicyclic) bond motifs is 3. The molecule has 0 spiro atoms. The van der Waals surface area contributed by atoms with Gasteiger partial charge in [-0.2, -0.15) is 4.52 Å². The first kappa shape index (κ1) is 15.5. The van der Waals surface area contributed by atoms with Crippen LogP contribution in [0.3, 0.4) is 0 Å². The van der Waals surface area contributed by atoms with E-state index >= 15 is 0 Å². The number of rotatable bonds is 4. The molecule has 0 atom stereocenters. The van der Waals surface area contributed by atoms with Crippen molar-refractivity contribution in [2.75, 3.05) is 0 Å². The van der Waals surface area contributed by atoms with Gasteiger partial charge in [0, 0.05) is 23.9 Å². The van der Waals surface area contributed by atoms with Gasteiger partial charge < -0.3 is 13.8 Å². The van der Waals surface area contributed by atoms with Crippen LogP contribution in [0.5, 0.6) is 5.88 Å². The zero-order valence-electron chi connectivity index (χ0n) is 14.7. The molecule has 1 aromatic carbocycles. The van der Waals surface area contributed by atoms with Gasteiger partial charge in [0.15, 0.2) is 11.3 Å². The number of imidazole rings is 1. The molecule has 0 aliphatic carbocycles. The number of aryl methyl sites for hydroxylation is 2. The van der Waals surface area contributed by atoms with Gasteiger partial charge in [0.2, 0.25) is 11.7 Å². The van der Waals surface area contributed by atoms with Gasteiger partial charge in [0.25, 0.3) is 0 Å². The van der Waals surface area contributed by atoms with Crippen molar-refractivity contribution in [3.05, 3.63) is 54.3 Å². The third kappa shape index (κ3) is 2.51. The lowest BCUT2D eigenvalue weighted by Gasteiger charge is -2.09. The lowest BCUT2D eigenvalue weighted by atomic mass is 10.2. The fourth-order valence-electron chi connectivity index (χ4n) is 2.96. The molecule has 27 heavy (non-hydrogen) atoms. The molecule has 9 heteroatoms. The average Bonchev–Trinajstić information content (AvgIpc) is 3.39. The lowest BCUT2D eigenvalue weighted by Crippen LogP contribution is -2.05. The minimum Gasteiger partial charge on any atom is -0.470 e. The second kappa shape index (κ2) is 5.90. The molecular weight excluding hydrogens is 346 g/mol. The summed E-state index contributed by atoms with van der Waals surface area (Å²) in [7, 11) is 1.92. The molecule has 0 saturated carbocycles. The second-order valence-electron chi connectivity index (χ2n) is 6.22. The monoisotopic (exact) mass is 361 g/mol. The maximum Gasteiger partial charge on any atom is 0.240 e. The summed E-state index contributed by atoms with van der Waals surface area (Å²) < 4.78 is 14.7. The van der Waals surface area contributed by atoms with E-state index < -0.39 is 0 Å². The third-order valence-electron chi connectivity index (χ3n) is 4.36. The standard InChI is InChI=1S/C18H15N7O2/c1-11-7-15(23-27-11)17-21-20-16-13-5-3-4-6-14(13)18(22-25(16)17)26-9-12-8-19-10-24(12)2/h3-8,10H,9H2,1-2H3. The first-order valence-electron chi connectivity index (χ1n) is 8.36. The van der Waals surface area contributed by atoms with Crippen molar-refractivity contribution in [3.63, 3.8) is 0 Å². The minimum absolute atomic E-state index is 0.347. The predicted octanol–water partition coefficient (Wildman–Crippen LogP) is 2.55. The van der Waals surface area contributed by atoms with Crippen LogP contribution in [-0.2, 0) is 13.7 Å². The molecule has 0 aliphatic rings. The second-order valence-corrected chi connectivity index (χ2v) is 6.22. The molecule has 4 aromatic heterocycles. The smallest absolute Gasteiger partial charge is 0.240 e. The van der Waals surface area contributed by atoms with Gasteiger partial charge >= 0.3 is 0 Å². The summed E-state index contributed by atoms with van der Waals surface area (Å²) in [5.74, 6) is 1.67. The lowest BCUT2D eigenvalue weighted by molar-refractivity contribution is 0.285. The molecule has 0 aliphatic heterocycles. The van der Waals surface area contributed by atoms with E-state index in [1.54, 1.807) is 23.1 Å². The zero-order chi connectivity index (χ0) is 18.4. The number of hydrogen-bond acceptors (Lipinski definition) is 7. The van der Waals surface area contributed by atoms with Gasteiger partial charge in [0.05, 0.1) is 18.2 Å². The predicted molar refractivity (Wildman–Crippen MR) is 96.1 cm³/mol. The van der Waals surface area contributed by atoms with Crippen molar-refractivity contribution >= 4 is 16.4 Å². The Kier molecular flexibility index (Phi) is 3.39. The Hall–Kier alpha value is -3.75. The van der Waals surface area contributed by atoms with Gasteiger partial charge in [-0.25, -0.2) is 4.98 Å². The van der Waals surface area contributed by atoms with Gasteiger partial charge in [0.1, 0.15) is 12.4 Å². The van der Waals surface area contributed by atoms with E-state index in [4.69, 9.17) is 9.26 Å². The first-order valence-corrected chi connectivity index (χ1v) is 8.36. The van der Waals surface area contributed by atoms with E-state index in [0.29, 0.717) is 35.4 Å². The van der Waals surface area contributed by atoms with Crippen LogP contribution in [-0.4, -0.2) is 34.5 Å². The normalized spacial score (nSPS) is 11.5. The van der Waals surface area contributed by atoms with Crippen LogP contribution in [0.1, 0.15) is 11.5 Å². The number of nitrogens with zero attached hydrogens (tertiary/aromatic N) is 7. The molecule has 0 bridgehead atoms. The molecule has 0 fully saturated rings. The van der Waals surface area contributed by atoms with E-state index in [-0.39, 0.29) is 0 Å². The quantitative estimate of drug-likeness (QED) is 0.485. The zero-order valence-corrected chi connectivity index (χ0v) is 14.7. The Bertz CT molecular complexity index is 1270. The third-order valence-corrected chi connectivity index (χ3v) is 4.36. The molecule has 0 radical (unpaired) electrons. The summed E-state index contributed by atoms with van der Waals surface area (Å²) in [5, 5.41) is 19.0. The summed E-state index contributed by atoms with van der Waals surface area (Å²) in [5.41, 5.74) is 2.14. The van der Waals surface area contributed by atoms with Crippen molar-refractivity contribution < 1.29 is 9.26 Å². The fraction of sp³-hybridized carbons (Fsp3) is 0.167. The van der Waals surface area contributed by atoms with Gasteiger partial charge in [-0.3, -0.25) is 0 Å². The van der Waals surface area contributed by atoms with E-state index in [2.05, 4.69) is 25.4 Å². The largest absolute Gasteiger partial charge is 0.470 e. The molecule has 0 unspecified atom stereocenters. The van der Waals surface area contributed by atoms with Crippen molar-refractivity contribution in [2.45, 2.75) is 13.5 Å². The van der Waals surface area contributed by atoms with Crippen LogP contribution in [0.15, 0.2) is 47.4 Å². The van der Waals surface area contributed by atoms with Gasteiger partial charge in [-0.1, -0.05) is 23.4 Å². The van der Waals surface area contributed by atoms with Gasteiger partial charge in [-0.05, 0) is 13.0 Å². The van der Waals surface area contributed by atoms with E-state index in [0.717, 1.165) is 16.5 Å². The Morgan fingerprint density at radius 2 is 2.00 bits per heavy atom. The highest BCUT2D eigenvalue weighted by Crippen LogP contribution is 2.29. The highest BCUT2D eigenvalue weighted by Gasteiger charge is 2.18. The number of aromatic nitrogens is 7. The summed E-state index contributed by atoms with van der Waals surface area (Å²) in [6.07, 6.45) is 3.50. The molecule has 134 valence electrons. The summed E-state index contributed by atoms with van der Waals surface area (Å²) in [4.78, 5) is 4.11. The van der Waals surface area contributed by atoms with Crippen molar-refractivity contribution in [1.29, 1.82) is 0 Å². The maximum atomic E-state index is 6.03. The molecule has 0 saturated heterocycles. The molecule has 0 amide bonds.